The van der Waals surface area contributed by atoms with Gasteiger partial charge in [0.15, 0.2) is 0 Å². The van der Waals surface area contributed by atoms with Crippen molar-refractivity contribution in [2.45, 2.75) is 25.3 Å². The first-order chi connectivity index (χ1) is 11.4. The van der Waals surface area contributed by atoms with Crippen LogP contribution in [0.5, 0.6) is 5.75 Å². The molecule has 0 bridgehead atoms. The van der Waals surface area contributed by atoms with Crippen molar-refractivity contribution >= 4 is 33.2 Å². The topological polar surface area (TPSA) is 105 Å². The van der Waals surface area contributed by atoms with Gasteiger partial charge in [0.25, 0.3) is 0 Å². The fraction of sp³-hybridized carbons (Fsp3) is 0.467. The monoisotopic (exact) mass is 353 g/mol. The summed E-state index contributed by atoms with van der Waals surface area (Å²) in [5.41, 5.74) is 0.790. The minimum atomic E-state index is -3.29. The number of nitrogens with zero attached hydrogens (tertiary/aromatic N) is 1. The van der Waals surface area contributed by atoms with Gasteiger partial charge in [-0.2, -0.15) is 0 Å². The molecule has 24 heavy (non-hydrogen) atoms. The summed E-state index contributed by atoms with van der Waals surface area (Å²) in [4.78, 5) is 23.6. The first-order valence-electron chi connectivity index (χ1n) is 7.71. The van der Waals surface area contributed by atoms with Crippen molar-refractivity contribution < 1.29 is 22.7 Å². The predicted molar refractivity (Wildman–Crippen MR) is 88.5 cm³/mol. The summed E-state index contributed by atoms with van der Waals surface area (Å²) >= 11 is 0. The van der Waals surface area contributed by atoms with E-state index in [1.165, 1.54) is 23.5 Å². The lowest BCUT2D eigenvalue weighted by Crippen LogP contribution is -2.36. The van der Waals surface area contributed by atoms with Gasteiger partial charge in [-0.15, -0.1) is 0 Å². The molecule has 1 saturated carbocycles. The third-order valence-electron chi connectivity index (χ3n) is 3.94. The number of anilines is 2. The highest BCUT2D eigenvalue weighted by Gasteiger charge is 2.30. The Morgan fingerprint density at radius 2 is 2.00 bits per heavy atom. The molecule has 0 radical (unpaired) electrons. The molecule has 1 aliphatic heterocycles. The molecule has 2 N–H and O–H groups in total. The van der Waals surface area contributed by atoms with Crippen LogP contribution in [0.4, 0.5) is 11.4 Å². The molecule has 8 nitrogen and oxygen atoms in total. The maximum absolute atomic E-state index is 12.0. The third-order valence-corrected chi connectivity index (χ3v) is 5.81. The molecule has 0 spiro atoms. The van der Waals surface area contributed by atoms with Crippen LogP contribution < -0.4 is 19.7 Å². The number of carbonyl (C=O) groups is 2. The van der Waals surface area contributed by atoms with E-state index in [1.807, 2.05) is 0 Å². The molecule has 2 fully saturated rings. The van der Waals surface area contributed by atoms with Crippen LogP contribution in [0.25, 0.3) is 0 Å². The van der Waals surface area contributed by atoms with E-state index in [1.54, 1.807) is 6.07 Å². The van der Waals surface area contributed by atoms with Crippen molar-refractivity contribution in [3.05, 3.63) is 18.2 Å². The number of benzene rings is 1. The van der Waals surface area contributed by atoms with Gasteiger partial charge >= 0.3 is 11.8 Å². The highest BCUT2D eigenvalue weighted by atomic mass is 32.2. The molecule has 0 unspecified atom stereocenters. The summed E-state index contributed by atoms with van der Waals surface area (Å²) < 4.78 is 30.5. The minimum absolute atomic E-state index is 0.0906. The van der Waals surface area contributed by atoms with Crippen LogP contribution in [0, 0.1) is 0 Å². The van der Waals surface area contributed by atoms with Gasteiger partial charge in [-0.3, -0.25) is 13.9 Å². The molecule has 9 heteroatoms. The van der Waals surface area contributed by atoms with Crippen LogP contribution in [0.1, 0.15) is 19.3 Å². The van der Waals surface area contributed by atoms with E-state index < -0.39 is 21.8 Å². The number of ether oxygens (including phenoxy) is 1. The Morgan fingerprint density at radius 1 is 1.25 bits per heavy atom. The van der Waals surface area contributed by atoms with Gasteiger partial charge in [-0.05, 0) is 31.4 Å². The maximum Gasteiger partial charge on any atom is 0.313 e. The van der Waals surface area contributed by atoms with E-state index in [0.717, 1.165) is 12.8 Å². The zero-order valence-corrected chi connectivity index (χ0v) is 14.1. The number of sulfonamides is 1. The predicted octanol–water partition coefficient (Wildman–Crippen LogP) is 0.452. The Balaban J connectivity index is 1.76. The van der Waals surface area contributed by atoms with Crippen LogP contribution in [-0.4, -0.2) is 45.7 Å². The SMILES string of the molecule is COc1cc(N2CCCS2(=O)=O)ccc1NC(=O)C(=O)NC1CC1. The van der Waals surface area contributed by atoms with Crippen molar-refractivity contribution in [3.63, 3.8) is 0 Å². The zero-order chi connectivity index (χ0) is 17.3. The van der Waals surface area contributed by atoms with Crippen molar-refractivity contribution in [3.8, 4) is 5.75 Å². The van der Waals surface area contributed by atoms with E-state index in [-0.39, 0.29) is 11.8 Å². The van der Waals surface area contributed by atoms with E-state index in [0.29, 0.717) is 30.1 Å². The average molecular weight is 353 g/mol. The van der Waals surface area contributed by atoms with E-state index in [2.05, 4.69) is 10.6 Å². The number of hydrogen-bond donors (Lipinski definition) is 2. The zero-order valence-electron chi connectivity index (χ0n) is 13.2. The Kier molecular flexibility index (Phi) is 4.35. The van der Waals surface area contributed by atoms with Crippen molar-refractivity contribution in [2.24, 2.45) is 0 Å². The number of carbonyl (C=O) groups excluding carboxylic acids is 2. The van der Waals surface area contributed by atoms with Gasteiger partial charge in [0.1, 0.15) is 5.75 Å². The van der Waals surface area contributed by atoms with Gasteiger partial charge in [0.2, 0.25) is 10.0 Å². The Bertz CT molecular complexity index is 773. The second kappa shape index (κ2) is 6.31. The normalized spacial score (nSPS) is 19.0. The van der Waals surface area contributed by atoms with Gasteiger partial charge in [-0.1, -0.05) is 0 Å². The summed E-state index contributed by atoms with van der Waals surface area (Å²) in [6, 6.07) is 4.74. The van der Waals surface area contributed by atoms with Crippen molar-refractivity contribution in [1.29, 1.82) is 0 Å². The molecule has 1 saturated heterocycles. The maximum atomic E-state index is 12.0. The fourth-order valence-electron chi connectivity index (χ4n) is 2.53. The molecule has 1 aliphatic carbocycles. The number of rotatable bonds is 4. The number of nitrogens with one attached hydrogen (secondary N) is 2. The largest absolute Gasteiger partial charge is 0.494 e. The lowest BCUT2D eigenvalue weighted by Gasteiger charge is -2.19. The van der Waals surface area contributed by atoms with Crippen LogP contribution in [0.2, 0.25) is 0 Å². The lowest BCUT2D eigenvalue weighted by molar-refractivity contribution is -0.136. The van der Waals surface area contributed by atoms with Crippen LogP contribution in [-0.2, 0) is 19.6 Å². The molecular formula is C15H19N3O5S. The summed E-state index contributed by atoms with van der Waals surface area (Å²) in [6.07, 6.45) is 2.35. The fourth-order valence-corrected chi connectivity index (χ4v) is 4.08. The molecule has 1 heterocycles. The average Bonchev–Trinajstić information content (AvgIpc) is 3.28. The summed E-state index contributed by atoms with van der Waals surface area (Å²) in [7, 11) is -1.88. The number of amides is 2. The number of methoxy groups -OCH3 is 1. The molecule has 2 aliphatic rings. The van der Waals surface area contributed by atoms with E-state index in [9.17, 15) is 18.0 Å². The summed E-state index contributed by atoms with van der Waals surface area (Å²) in [6.45, 7) is 0.418. The molecule has 3 rings (SSSR count). The molecule has 1 aromatic carbocycles. The Labute approximate surface area is 140 Å². The molecular weight excluding hydrogens is 334 g/mol. The third kappa shape index (κ3) is 3.45. The van der Waals surface area contributed by atoms with Crippen LogP contribution in [0.3, 0.4) is 0 Å². The van der Waals surface area contributed by atoms with Gasteiger partial charge in [0, 0.05) is 18.7 Å². The molecule has 0 aromatic heterocycles. The summed E-state index contributed by atoms with van der Waals surface area (Å²) in [5.74, 6) is -1.05. The highest BCUT2D eigenvalue weighted by molar-refractivity contribution is 7.93. The van der Waals surface area contributed by atoms with E-state index >= 15 is 0 Å². The number of hydrogen-bond acceptors (Lipinski definition) is 5. The quantitative estimate of drug-likeness (QED) is 0.765. The molecule has 130 valence electrons. The van der Waals surface area contributed by atoms with E-state index in [4.69, 9.17) is 4.74 Å². The second-order valence-corrected chi connectivity index (χ2v) is 7.84. The molecule has 1 aromatic rings. The van der Waals surface area contributed by atoms with Gasteiger partial charge in [-0.25, -0.2) is 8.42 Å². The Hall–Kier alpha value is -2.29. The summed E-state index contributed by atoms with van der Waals surface area (Å²) in [5, 5.41) is 5.09. The standard InChI is InChI=1S/C15H19N3O5S/c1-23-13-9-11(18-7-2-8-24(18,21)22)5-6-12(13)17-15(20)14(19)16-10-3-4-10/h5-6,9-10H,2-4,7-8H2,1H3,(H,16,19)(H,17,20). The van der Waals surface area contributed by atoms with Gasteiger partial charge < -0.3 is 15.4 Å². The Morgan fingerprint density at radius 3 is 2.58 bits per heavy atom. The highest BCUT2D eigenvalue weighted by Crippen LogP contribution is 2.32. The van der Waals surface area contributed by atoms with Crippen LogP contribution in [0.15, 0.2) is 18.2 Å². The first kappa shape index (κ1) is 16.6. The molecule has 2 amide bonds. The first-order valence-corrected chi connectivity index (χ1v) is 9.32. The lowest BCUT2D eigenvalue weighted by atomic mass is 10.2. The second-order valence-electron chi connectivity index (χ2n) is 5.83. The van der Waals surface area contributed by atoms with Crippen molar-refractivity contribution in [1.82, 2.24) is 5.32 Å². The van der Waals surface area contributed by atoms with Crippen molar-refractivity contribution in [2.75, 3.05) is 29.0 Å². The minimum Gasteiger partial charge on any atom is -0.494 e. The molecule has 0 atom stereocenters. The smallest absolute Gasteiger partial charge is 0.313 e. The van der Waals surface area contributed by atoms with Gasteiger partial charge in [0.05, 0.1) is 24.2 Å². The van der Waals surface area contributed by atoms with Crippen LogP contribution >= 0.6 is 0 Å².